The highest BCUT2D eigenvalue weighted by molar-refractivity contribution is 6.31. The summed E-state index contributed by atoms with van der Waals surface area (Å²) in [7, 11) is 1.79. The number of hydrogen-bond donors (Lipinski definition) is 1. The Morgan fingerprint density at radius 1 is 0.930 bits per heavy atom. The number of anilines is 3. The molecule has 0 bridgehead atoms. The summed E-state index contributed by atoms with van der Waals surface area (Å²) in [4.78, 5) is 34.9. The van der Waals surface area contributed by atoms with Crippen molar-refractivity contribution in [2.45, 2.75) is 128 Å². The van der Waals surface area contributed by atoms with Gasteiger partial charge in [0.2, 0.25) is 5.91 Å². The third-order valence-electron chi connectivity index (χ3n) is 16.4. The van der Waals surface area contributed by atoms with Crippen molar-refractivity contribution < 1.29 is 23.1 Å². The van der Waals surface area contributed by atoms with Crippen LogP contribution in [0.5, 0.6) is 5.75 Å². The van der Waals surface area contributed by atoms with Crippen molar-refractivity contribution in [1.29, 1.82) is 5.26 Å². The maximum atomic E-state index is 14.8. The highest BCUT2D eigenvalue weighted by Crippen LogP contribution is 2.48. The van der Waals surface area contributed by atoms with Crippen LogP contribution in [0.25, 0.3) is 11.1 Å². The van der Waals surface area contributed by atoms with Crippen molar-refractivity contribution in [3.8, 4) is 22.9 Å². The molecule has 3 aromatic heterocycles. The number of alkyl halides is 2. The van der Waals surface area contributed by atoms with Gasteiger partial charge in [0, 0.05) is 117 Å². The number of nitriles is 1. The number of aryl methyl sites for hydroxylation is 2. The fourth-order valence-electron chi connectivity index (χ4n) is 12.4. The van der Waals surface area contributed by atoms with Gasteiger partial charge >= 0.3 is 0 Å². The zero-order valence-corrected chi connectivity index (χ0v) is 41.3. The summed E-state index contributed by atoms with van der Waals surface area (Å²) in [5, 5.41) is 31.1. The summed E-state index contributed by atoms with van der Waals surface area (Å²) in [6, 6.07) is 15.3. The summed E-state index contributed by atoms with van der Waals surface area (Å²) in [5.41, 5.74) is 6.24. The SMILES string of the molecule is CC(=O)N1CCc2c(c(N3CCCc4cc(-c5cnn(C)c5)c(C(F)F)cc43)nn2C2CCN(C3CCC4(CC3)CN(c3ccc(C(=O)NC5CCC(Oc6ccc(C#N)c(Cl)c6)CC5)nn3)C4)CC2)C1. The Bertz CT molecular complexity index is 2830. The van der Waals surface area contributed by atoms with E-state index < -0.39 is 6.43 Å². The molecule has 0 radical (unpaired) electrons. The molecule has 2 saturated carbocycles. The number of piperidine rings is 1. The summed E-state index contributed by atoms with van der Waals surface area (Å²) >= 11 is 6.18. The number of hydrogen-bond acceptors (Lipinski definition) is 11. The van der Waals surface area contributed by atoms with Crippen molar-refractivity contribution in [2.24, 2.45) is 12.5 Å². The second kappa shape index (κ2) is 19.5. The minimum Gasteiger partial charge on any atom is -0.490 e. The van der Waals surface area contributed by atoms with Gasteiger partial charge in [-0.25, -0.2) is 8.78 Å². The molecule has 2 aliphatic carbocycles. The molecule has 11 rings (SSSR count). The third-order valence-corrected chi connectivity index (χ3v) is 16.7. The maximum absolute atomic E-state index is 14.8. The second-order valence-electron chi connectivity index (χ2n) is 20.9. The fraction of sp³-hybridized carbons (Fsp3) is 0.528. The average Bonchev–Trinajstić information content (AvgIpc) is 3.99. The highest BCUT2D eigenvalue weighted by atomic mass is 35.5. The molecule has 0 atom stereocenters. The number of halogens is 3. The van der Waals surface area contributed by atoms with Crippen LogP contribution in [-0.4, -0.2) is 109 Å². The number of benzene rings is 2. The number of carbonyl (C=O) groups excluding carboxylic acids is 2. The highest BCUT2D eigenvalue weighted by Gasteiger charge is 2.47. The van der Waals surface area contributed by atoms with Crippen LogP contribution < -0.4 is 19.9 Å². The molecule has 1 spiro atoms. The number of rotatable bonds is 10. The minimum atomic E-state index is -2.65. The molecule has 5 aromatic rings. The summed E-state index contributed by atoms with van der Waals surface area (Å²) in [6.07, 6.45) is 13.0. The van der Waals surface area contributed by atoms with Gasteiger partial charge in [-0.1, -0.05) is 11.6 Å². The first-order valence-corrected chi connectivity index (χ1v) is 25.9. The first-order valence-electron chi connectivity index (χ1n) is 25.5. The molecular formula is C53H61ClF2N12O3. The van der Waals surface area contributed by atoms with E-state index in [0.29, 0.717) is 58.8 Å². The Morgan fingerprint density at radius 2 is 1.72 bits per heavy atom. The van der Waals surface area contributed by atoms with Crippen molar-refractivity contribution in [1.82, 2.24) is 44.9 Å². The Labute approximate surface area is 418 Å². The van der Waals surface area contributed by atoms with Crippen molar-refractivity contribution in [2.75, 3.05) is 49.1 Å². The zero-order valence-electron chi connectivity index (χ0n) is 40.5. The Hall–Kier alpha value is -6.12. The van der Waals surface area contributed by atoms with E-state index in [1.165, 1.54) is 31.4 Å². The van der Waals surface area contributed by atoms with Crippen molar-refractivity contribution in [3.63, 3.8) is 0 Å². The lowest BCUT2D eigenvalue weighted by atomic mass is 9.67. The summed E-state index contributed by atoms with van der Waals surface area (Å²) in [6.45, 7) is 7.30. The molecular weight excluding hydrogens is 926 g/mol. The van der Waals surface area contributed by atoms with Crippen LogP contribution in [0.1, 0.15) is 128 Å². The van der Waals surface area contributed by atoms with E-state index in [4.69, 9.17) is 26.7 Å². The van der Waals surface area contributed by atoms with Gasteiger partial charge < -0.3 is 29.7 Å². The first-order chi connectivity index (χ1) is 34.4. The molecule has 18 heteroatoms. The van der Waals surface area contributed by atoms with E-state index in [0.717, 1.165) is 112 Å². The second-order valence-corrected chi connectivity index (χ2v) is 21.3. The molecule has 0 unspecified atom stereocenters. The fourth-order valence-corrected chi connectivity index (χ4v) is 12.7. The number of carbonyl (C=O) groups is 2. The summed E-state index contributed by atoms with van der Waals surface area (Å²) in [5.74, 6) is 2.08. The molecule has 71 heavy (non-hydrogen) atoms. The Balaban J connectivity index is 0.677. The molecule has 2 saturated heterocycles. The smallest absolute Gasteiger partial charge is 0.272 e. The lowest BCUT2D eigenvalue weighted by Crippen LogP contribution is -2.59. The molecule has 6 aliphatic rings. The van der Waals surface area contributed by atoms with Gasteiger partial charge in [0.1, 0.15) is 11.8 Å². The lowest BCUT2D eigenvalue weighted by molar-refractivity contribution is -0.129. The maximum Gasteiger partial charge on any atom is 0.272 e. The van der Waals surface area contributed by atoms with Gasteiger partial charge in [-0.3, -0.25) is 19.0 Å². The van der Waals surface area contributed by atoms with Crippen molar-refractivity contribution >= 4 is 40.7 Å². The Kier molecular flexibility index (Phi) is 13.0. The van der Waals surface area contributed by atoms with Crippen LogP contribution in [0, 0.1) is 16.7 Å². The third kappa shape index (κ3) is 9.45. The van der Waals surface area contributed by atoms with E-state index in [2.05, 4.69) is 46.1 Å². The van der Waals surface area contributed by atoms with E-state index in [-0.39, 0.29) is 41.0 Å². The van der Waals surface area contributed by atoms with Gasteiger partial charge in [-0.2, -0.15) is 15.5 Å². The van der Waals surface area contributed by atoms with Gasteiger partial charge in [-0.15, -0.1) is 10.2 Å². The standard InChI is InChI=1S/C53H61ClF2N12O3/c1-33(69)65-23-17-47-44(30-65)51(67-20-3-4-34-24-42(36-28-58-63(2)29-36)43(50(55)56)26-48(34)67)62-68(47)39-15-21-64(22-16-39)38-13-18-53(19-14-38)31-66(32-53)49-12-11-46(60-61-49)52(70)59-37-6-9-40(10-7-37)71-41-8-5-35(27-57)45(54)25-41/h5,8,11-12,24-26,28-29,37-40,50H,3-4,6-7,9-10,13-23,30-32H2,1-2H3,(H,59,70). The van der Waals surface area contributed by atoms with Crippen LogP contribution in [0.2, 0.25) is 5.02 Å². The number of amides is 2. The number of ether oxygens (including phenoxy) is 1. The van der Waals surface area contributed by atoms with E-state index in [1.807, 2.05) is 17.0 Å². The first kappa shape index (κ1) is 47.2. The topological polar surface area (TPSA) is 154 Å². The van der Waals surface area contributed by atoms with Crippen molar-refractivity contribution in [3.05, 3.63) is 93.5 Å². The molecule has 7 heterocycles. The molecule has 372 valence electrons. The summed E-state index contributed by atoms with van der Waals surface area (Å²) < 4.78 is 39.6. The minimum absolute atomic E-state index is 0.00671. The molecule has 15 nitrogen and oxygen atoms in total. The van der Waals surface area contributed by atoms with Gasteiger partial charge in [0.15, 0.2) is 17.3 Å². The average molecular weight is 988 g/mol. The predicted octanol–water partition coefficient (Wildman–Crippen LogP) is 8.73. The normalized spacial score (nSPS) is 21.7. The van der Waals surface area contributed by atoms with Crippen LogP contribution in [0.3, 0.4) is 0 Å². The number of aromatic nitrogens is 6. The molecule has 1 N–H and O–H groups in total. The number of nitrogens with zero attached hydrogens (tertiary/aromatic N) is 11. The van der Waals surface area contributed by atoms with Gasteiger partial charge in [0.05, 0.1) is 35.5 Å². The molecule has 4 aliphatic heterocycles. The zero-order chi connectivity index (χ0) is 49.0. The van der Waals surface area contributed by atoms with E-state index in [9.17, 15) is 18.4 Å². The van der Waals surface area contributed by atoms with Crippen LogP contribution >= 0.6 is 11.6 Å². The van der Waals surface area contributed by atoms with Gasteiger partial charge in [0.25, 0.3) is 12.3 Å². The molecule has 2 aromatic carbocycles. The van der Waals surface area contributed by atoms with E-state index >= 15 is 0 Å². The van der Waals surface area contributed by atoms with E-state index in [1.54, 1.807) is 61.4 Å². The van der Waals surface area contributed by atoms with Crippen LogP contribution in [-0.2, 0) is 31.2 Å². The molecule has 2 amide bonds. The number of nitrogens with one attached hydrogen (secondary N) is 1. The van der Waals surface area contributed by atoms with Crippen LogP contribution in [0.15, 0.2) is 54.9 Å². The number of likely N-dealkylation sites (tertiary alicyclic amines) is 1. The van der Waals surface area contributed by atoms with Gasteiger partial charge in [-0.05, 0) is 125 Å². The van der Waals surface area contributed by atoms with Crippen LogP contribution in [0.4, 0.5) is 26.1 Å². The monoisotopic (exact) mass is 986 g/mol. The predicted molar refractivity (Wildman–Crippen MR) is 265 cm³/mol. The molecule has 4 fully saturated rings. The lowest BCUT2D eigenvalue weighted by Gasteiger charge is -2.55. The quantitative estimate of drug-likeness (QED) is 0.143. The Morgan fingerprint density at radius 3 is 2.39 bits per heavy atom. The largest absolute Gasteiger partial charge is 0.490 e. The number of fused-ring (bicyclic) bond motifs is 2.